The number of halogens is 2. The molecular formula is C26H20F2O4. The topological polar surface area (TPSA) is 44.8 Å². The fourth-order valence-corrected chi connectivity index (χ4v) is 4.43. The standard InChI is InChI=1S/C26H20F2O4/c1-30-20-12-6-16(7-13-20)24-21-14-31-26(29)23(21)22(15-2-8-18(27)9-3-15)25(32-24)17-4-10-19(28)11-5-17/h2-13,21,23-24H,14H2,1H3. The molecule has 4 nitrogen and oxygen atoms in total. The number of carbonyl (C=O) groups excluding carboxylic acids is 1. The molecule has 0 saturated carbocycles. The monoisotopic (exact) mass is 434 g/mol. The van der Waals surface area contributed by atoms with Crippen LogP contribution in [0.1, 0.15) is 22.8 Å². The molecule has 0 amide bonds. The van der Waals surface area contributed by atoms with Crippen molar-refractivity contribution in [3.63, 3.8) is 0 Å². The van der Waals surface area contributed by atoms with E-state index in [4.69, 9.17) is 14.2 Å². The SMILES string of the molecule is COc1ccc(C2OC(c3ccc(F)cc3)=C(c3ccc(F)cc3)C3C(=O)OCC32)cc1. The predicted octanol–water partition coefficient (Wildman–Crippen LogP) is 5.40. The Kier molecular flexibility index (Phi) is 5.13. The highest BCUT2D eigenvalue weighted by molar-refractivity contribution is 6.00. The number of benzene rings is 3. The summed E-state index contributed by atoms with van der Waals surface area (Å²) in [4.78, 5) is 12.9. The highest BCUT2D eigenvalue weighted by Gasteiger charge is 2.50. The molecule has 0 aliphatic carbocycles. The summed E-state index contributed by atoms with van der Waals surface area (Å²) >= 11 is 0. The van der Waals surface area contributed by atoms with Gasteiger partial charge in [-0.3, -0.25) is 4.79 Å². The van der Waals surface area contributed by atoms with Crippen molar-refractivity contribution < 1.29 is 27.8 Å². The van der Waals surface area contributed by atoms with Crippen LogP contribution < -0.4 is 4.74 Å². The molecule has 3 unspecified atom stereocenters. The summed E-state index contributed by atoms with van der Waals surface area (Å²) in [7, 11) is 1.59. The average Bonchev–Trinajstić information content (AvgIpc) is 3.21. The Bertz CT molecular complexity index is 1170. The van der Waals surface area contributed by atoms with E-state index < -0.39 is 12.0 Å². The van der Waals surface area contributed by atoms with E-state index in [-0.39, 0.29) is 30.1 Å². The zero-order valence-corrected chi connectivity index (χ0v) is 17.3. The molecule has 5 rings (SSSR count). The van der Waals surface area contributed by atoms with E-state index in [0.29, 0.717) is 28.2 Å². The number of hydrogen-bond acceptors (Lipinski definition) is 4. The van der Waals surface area contributed by atoms with E-state index in [9.17, 15) is 13.6 Å². The maximum Gasteiger partial charge on any atom is 0.314 e. The largest absolute Gasteiger partial charge is 0.497 e. The number of carbonyl (C=O) groups is 1. The molecule has 0 aromatic heterocycles. The van der Waals surface area contributed by atoms with Crippen molar-refractivity contribution in [1.82, 2.24) is 0 Å². The first-order chi connectivity index (χ1) is 15.5. The summed E-state index contributed by atoms with van der Waals surface area (Å²) in [6.45, 7) is 0.210. The summed E-state index contributed by atoms with van der Waals surface area (Å²) in [5.74, 6) is -0.801. The third-order valence-corrected chi connectivity index (χ3v) is 6.00. The lowest BCUT2D eigenvalue weighted by Gasteiger charge is -2.36. The Morgan fingerprint density at radius 3 is 2.03 bits per heavy atom. The van der Waals surface area contributed by atoms with Gasteiger partial charge in [0.15, 0.2) is 0 Å². The van der Waals surface area contributed by atoms with Crippen molar-refractivity contribution in [3.8, 4) is 5.75 Å². The molecule has 0 N–H and O–H groups in total. The molecule has 3 aromatic rings. The van der Waals surface area contributed by atoms with Gasteiger partial charge in [0.1, 0.15) is 29.2 Å². The van der Waals surface area contributed by atoms with E-state index >= 15 is 0 Å². The second-order valence-electron chi connectivity index (χ2n) is 7.84. The van der Waals surface area contributed by atoms with Crippen LogP contribution in [0, 0.1) is 23.5 Å². The molecule has 1 saturated heterocycles. The van der Waals surface area contributed by atoms with Crippen LogP contribution >= 0.6 is 0 Å². The summed E-state index contributed by atoms with van der Waals surface area (Å²) < 4.78 is 44.5. The fourth-order valence-electron chi connectivity index (χ4n) is 4.43. The quantitative estimate of drug-likeness (QED) is 0.516. The van der Waals surface area contributed by atoms with Crippen LogP contribution in [0.25, 0.3) is 11.3 Å². The van der Waals surface area contributed by atoms with Crippen LogP contribution in [0.5, 0.6) is 5.75 Å². The first kappa shape index (κ1) is 20.2. The maximum absolute atomic E-state index is 13.6. The number of ether oxygens (including phenoxy) is 3. The Hall–Kier alpha value is -3.67. The Morgan fingerprint density at radius 2 is 1.44 bits per heavy atom. The lowest BCUT2D eigenvalue weighted by molar-refractivity contribution is -0.139. The molecule has 1 fully saturated rings. The number of esters is 1. The maximum atomic E-state index is 13.6. The second kappa shape index (κ2) is 8.11. The van der Waals surface area contributed by atoms with Crippen LogP contribution in [-0.2, 0) is 14.3 Å². The number of rotatable bonds is 4. The highest BCUT2D eigenvalue weighted by atomic mass is 19.1. The van der Waals surface area contributed by atoms with E-state index in [1.165, 1.54) is 24.3 Å². The van der Waals surface area contributed by atoms with Gasteiger partial charge in [0.05, 0.1) is 25.6 Å². The van der Waals surface area contributed by atoms with Crippen LogP contribution in [0.3, 0.4) is 0 Å². The van der Waals surface area contributed by atoms with Gasteiger partial charge in [-0.1, -0.05) is 24.3 Å². The number of methoxy groups -OCH3 is 1. The zero-order chi connectivity index (χ0) is 22.2. The van der Waals surface area contributed by atoms with Gasteiger partial charge < -0.3 is 14.2 Å². The molecule has 6 heteroatoms. The fraction of sp³-hybridized carbons (Fsp3) is 0.192. The molecule has 2 aliphatic heterocycles. The minimum Gasteiger partial charge on any atom is -0.497 e. The van der Waals surface area contributed by atoms with Gasteiger partial charge in [0.2, 0.25) is 0 Å². The zero-order valence-electron chi connectivity index (χ0n) is 17.3. The molecule has 0 radical (unpaired) electrons. The number of hydrogen-bond donors (Lipinski definition) is 0. The molecule has 2 aliphatic rings. The third kappa shape index (κ3) is 3.51. The van der Waals surface area contributed by atoms with Crippen molar-refractivity contribution in [3.05, 3.63) is 101 Å². The molecule has 0 spiro atoms. The summed E-state index contributed by atoms with van der Waals surface area (Å²) in [5.41, 5.74) is 2.78. The Balaban J connectivity index is 1.69. The smallest absolute Gasteiger partial charge is 0.314 e. The molecule has 2 heterocycles. The minimum absolute atomic E-state index is 0.210. The van der Waals surface area contributed by atoms with E-state index in [2.05, 4.69) is 0 Å². The summed E-state index contributed by atoms with van der Waals surface area (Å²) in [5, 5.41) is 0. The Labute approximate surface area is 184 Å². The van der Waals surface area contributed by atoms with Crippen molar-refractivity contribution in [2.45, 2.75) is 6.10 Å². The number of cyclic esters (lactones) is 1. The van der Waals surface area contributed by atoms with E-state index in [0.717, 1.165) is 5.56 Å². The van der Waals surface area contributed by atoms with Gasteiger partial charge >= 0.3 is 5.97 Å². The van der Waals surface area contributed by atoms with Crippen LogP contribution in [0.15, 0.2) is 72.8 Å². The van der Waals surface area contributed by atoms with E-state index in [1.807, 2.05) is 24.3 Å². The van der Waals surface area contributed by atoms with Gasteiger partial charge in [0, 0.05) is 11.1 Å². The molecular weight excluding hydrogens is 414 g/mol. The Morgan fingerprint density at radius 1 is 0.844 bits per heavy atom. The molecule has 3 aromatic carbocycles. The van der Waals surface area contributed by atoms with Gasteiger partial charge in [-0.25, -0.2) is 8.78 Å². The van der Waals surface area contributed by atoms with Crippen molar-refractivity contribution in [2.24, 2.45) is 11.8 Å². The highest BCUT2D eigenvalue weighted by Crippen LogP contribution is 2.52. The average molecular weight is 434 g/mol. The van der Waals surface area contributed by atoms with Crippen molar-refractivity contribution in [2.75, 3.05) is 13.7 Å². The molecule has 0 bridgehead atoms. The van der Waals surface area contributed by atoms with Crippen LogP contribution in [0.4, 0.5) is 8.78 Å². The molecule has 32 heavy (non-hydrogen) atoms. The van der Waals surface area contributed by atoms with Crippen LogP contribution in [-0.4, -0.2) is 19.7 Å². The predicted molar refractivity (Wildman–Crippen MR) is 114 cm³/mol. The number of fused-ring (bicyclic) bond motifs is 1. The summed E-state index contributed by atoms with van der Waals surface area (Å²) in [6, 6.07) is 19.3. The lowest BCUT2D eigenvalue weighted by Crippen LogP contribution is -2.30. The van der Waals surface area contributed by atoms with Gasteiger partial charge in [-0.15, -0.1) is 0 Å². The van der Waals surface area contributed by atoms with Crippen LogP contribution in [0.2, 0.25) is 0 Å². The van der Waals surface area contributed by atoms with Gasteiger partial charge in [-0.05, 0) is 59.7 Å². The van der Waals surface area contributed by atoms with Crippen molar-refractivity contribution >= 4 is 17.3 Å². The normalized spacial score (nSPS) is 22.2. The summed E-state index contributed by atoms with van der Waals surface area (Å²) in [6.07, 6.45) is -0.457. The first-order valence-electron chi connectivity index (χ1n) is 10.3. The van der Waals surface area contributed by atoms with E-state index in [1.54, 1.807) is 31.4 Å². The van der Waals surface area contributed by atoms with Gasteiger partial charge in [0.25, 0.3) is 0 Å². The second-order valence-corrected chi connectivity index (χ2v) is 7.84. The van der Waals surface area contributed by atoms with Crippen molar-refractivity contribution in [1.29, 1.82) is 0 Å². The first-order valence-corrected chi connectivity index (χ1v) is 10.3. The molecule has 162 valence electrons. The lowest BCUT2D eigenvalue weighted by atomic mass is 9.76. The molecule has 3 atom stereocenters. The minimum atomic E-state index is -0.596. The van der Waals surface area contributed by atoms with Gasteiger partial charge in [-0.2, -0.15) is 0 Å². The third-order valence-electron chi connectivity index (χ3n) is 6.00.